The molecular formula is C9H16N6O2. The zero-order valence-electron chi connectivity index (χ0n) is 9.48. The van der Waals surface area contributed by atoms with E-state index in [0.717, 1.165) is 25.9 Å². The number of hydrogen-bond acceptors (Lipinski definition) is 6. The lowest BCUT2D eigenvalue weighted by Gasteiger charge is -2.22. The van der Waals surface area contributed by atoms with Crippen molar-refractivity contribution in [2.45, 2.75) is 25.5 Å². The number of aromatic amines is 1. The Labute approximate surface area is 98.5 Å². The van der Waals surface area contributed by atoms with Gasteiger partial charge < -0.3 is 15.4 Å². The molecule has 0 aromatic carbocycles. The van der Waals surface area contributed by atoms with Crippen molar-refractivity contribution in [1.82, 2.24) is 31.3 Å². The number of ether oxygens (including phenoxy) is 1. The number of carbonyl (C=O) groups excluding carboxylic acids is 1. The summed E-state index contributed by atoms with van der Waals surface area (Å²) in [6.45, 7) is 2.26. The van der Waals surface area contributed by atoms with E-state index in [1.54, 1.807) is 0 Å². The Hall–Kier alpha value is -1.54. The van der Waals surface area contributed by atoms with E-state index in [2.05, 4.69) is 31.3 Å². The average Bonchev–Trinajstić information content (AvgIpc) is 2.88. The Balaban J connectivity index is 1.60. The lowest BCUT2D eigenvalue weighted by molar-refractivity contribution is -0.128. The Bertz CT molecular complexity index is 335. The number of carbonyl (C=O) groups is 1. The summed E-state index contributed by atoms with van der Waals surface area (Å²) in [5, 5.41) is 19.1. The molecule has 1 aliphatic rings. The first-order valence-electron chi connectivity index (χ1n) is 5.66. The first kappa shape index (κ1) is 11.9. The minimum Gasteiger partial charge on any atom is -0.368 e. The van der Waals surface area contributed by atoms with E-state index in [9.17, 15) is 4.79 Å². The van der Waals surface area contributed by atoms with Crippen molar-refractivity contribution in [3.05, 3.63) is 5.82 Å². The number of H-pyrrole nitrogens is 1. The average molecular weight is 240 g/mol. The maximum absolute atomic E-state index is 11.4. The number of rotatable bonds is 5. The van der Waals surface area contributed by atoms with Gasteiger partial charge in [0.1, 0.15) is 6.61 Å². The second-order valence-electron chi connectivity index (χ2n) is 3.87. The van der Waals surface area contributed by atoms with Gasteiger partial charge in [0.25, 0.3) is 0 Å². The largest absolute Gasteiger partial charge is 0.368 e. The van der Waals surface area contributed by atoms with Crippen LogP contribution in [0.3, 0.4) is 0 Å². The fourth-order valence-corrected chi connectivity index (χ4v) is 1.64. The van der Waals surface area contributed by atoms with Gasteiger partial charge in [0.15, 0.2) is 5.82 Å². The van der Waals surface area contributed by atoms with Crippen molar-refractivity contribution < 1.29 is 9.53 Å². The van der Waals surface area contributed by atoms with Gasteiger partial charge in [0.2, 0.25) is 5.91 Å². The van der Waals surface area contributed by atoms with Crippen LogP contribution in [-0.2, 0) is 16.1 Å². The topological polar surface area (TPSA) is 105 Å². The standard InChI is InChI=1S/C9H16N6O2/c16-9(11-5-8-12-14-15-13-8)6-17-7-1-3-10-4-2-7/h7,10H,1-6H2,(H,11,16)(H,12,13,14,15). The Morgan fingerprint density at radius 3 is 3.00 bits per heavy atom. The van der Waals surface area contributed by atoms with Crippen LogP contribution in [0.2, 0.25) is 0 Å². The molecule has 0 unspecified atom stereocenters. The zero-order chi connectivity index (χ0) is 11.9. The Kier molecular flexibility index (Phi) is 4.39. The molecule has 1 aromatic rings. The Morgan fingerprint density at radius 2 is 2.29 bits per heavy atom. The highest BCUT2D eigenvalue weighted by atomic mass is 16.5. The number of aromatic nitrogens is 4. The molecule has 0 radical (unpaired) electrons. The summed E-state index contributed by atoms with van der Waals surface area (Å²) in [7, 11) is 0. The highest BCUT2D eigenvalue weighted by molar-refractivity contribution is 5.77. The minimum atomic E-state index is -0.159. The van der Waals surface area contributed by atoms with E-state index in [-0.39, 0.29) is 25.2 Å². The quantitative estimate of drug-likeness (QED) is 0.583. The van der Waals surface area contributed by atoms with E-state index in [0.29, 0.717) is 5.82 Å². The summed E-state index contributed by atoms with van der Waals surface area (Å²) >= 11 is 0. The van der Waals surface area contributed by atoms with E-state index < -0.39 is 0 Å². The number of hydrogen-bond donors (Lipinski definition) is 3. The number of piperidine rings is 1. The van der Waals surface area contributed by atoms with Crippen LogP contribution in [0.15, 0.2) is 0 Å². The molecule has 1 aromatic heterocycles. The Morgan fingerprint density at radius 1 is 1.47 bits per heavy atom. The number of nitrogens with one attached hydrogen (secondary N) is 3. The van der Waals surface area contributed by atoms with Crippen LogP contribution in [-0.4, -0.2) is 52.3 Å². The molecule has 3 N–H and O–H groups in total. The van der Waals surface area contributed by atoms with E-state index in [1.807, 2.05) is 0 Å². The predicted octanol–water partition coefficient (Wildman–Crippen LogP) is -1.42. The lowest BCUT2D eigenvalue weighted by atomic mass is 10.1. The predicted molar refractivity (Wildman–Crippen MR) is 57.9 cm³/mol. The van der Waals surface area contributed by atoms with E-state index in [4.69, 9.17) is 4.74 Å². The van der Waals surface area contributed by atoms with Gasteiger partial charge in [-0.15, -0.1) is 10.2 Å². The van der Waals surface area contributed by atoms with Crippen molar-refractivity contribution in [3.8, 4) is 0 Å². The first-order chi connectivity index (χ1) is 8.34. The van der Waals surface area contributed by atoms with Crippen LogP contribution in [0, 0.1) is 0 Å². The normalized spacial score (nSPS) is 16.9. The van der Waals surface area contributed by atoms with Crippen molar-refractivity contribution in [2.24, 2.45) is 0 Å². The highest BCUT2D eigenvalue weighted by Crippen LogP contribution is 2.06. The summed E-state index contributed by atoms with van der Waals surface area (Å²) in [5.41, 5.74) is 0. The third-order valence-corrected chi connectivity index (χ3v) is 2.57. The van der Waals surface area contributed by atoms with E-state index in [1.165, 1.54) is 0 Å². The molecule has 1 aliphatic heterocycles. The van der Waals surface area contributed by atoms with Crippen molar-refractivity contribution in [1.29, 1.82) is 0 Å². The molecule has 8 nitrogen and oxygen atoms in total. The lowest BCUT2D eigenvalue weighted by Crippen LogP contribution is -2.35. The maximum atomic E-state index is 11.4. The van der Waals surface area contributed by atoms with Gasteiger partial charge in [0, 0.05) is 0 Å². The van der Waals surface area contributed by atoms with Gasteiger partial charge in [-0.3, -0.25) is 4.79 Å². The summed E-state index contributed by atoms with van der Waals surface area (Å²) in [4.78, 5) is 11.4. The number of nitrogens with zero attached hydrogens (tertiary/aromatic N) is 3. The fraction of sp³-hybridized carbons (Fsp3) is 0.778. The van der Waals surface area contributed by atoms with Gasteiger partial charge in [-0.2, -0.15) is 5.21 Å². The van der Waals surface area contributed by atoms with Gasteiger partial charge >= 0.3 is 0 Å². The summed E-state index contributed by atoms with van der Waals surface area (Å²) in [5.74, 6) is 0.300. The van der Waals surface area contributed by atoms with Crippen molar-refractivity contribution >= 4 is 5.91 Å². The number of tetrazole rings is 1. The van der Waals surface area contributed by atoms with Crippen molar-refractivity contribution in [3.63, 3.8) is 0 Å². The second kappa shape index (κ2) is 6.26. The summed E-state index contributed by atoms with van der Waals surface area (Å²) in [6.07, 6.45) is 2.10. The molecule has 1 saturated heterocycles. The van der Waals surface area contributed by atoms with Crippen LogP contribution >= 0.6 is 0 Å². The molecule has 0 aliphatic carbocycles. The van der Waals surface area contributed by atoms with E-state index >= 15 is 0 Å². The second-order valence-corrected chi connectivity index (χ2v) is 3.87. The van der Waals surface area contributed by atoms with Crippen LogP contribution in [0.5, 0.6) is 0 Å². The third kappa shape index (κ3) is 4.08. The molecule has 0 bridgehead atoms. The molecule has 8 heteroatoms. The molecule has 0 atom stereocenters. The van der Waals surface area contributed by atoms with Crippen LogP contribution in [0.4, 0.5) is 0 Å². The van der Waals surface area contributed by atoms with Gasteiger partial charge in [-0.1, -0.05) is 5.21 Å². The van der Waals surface area contributed by atoms with Crippen molar-refractivity contribution in [2.75, 3.05) is 19.7 Å². The summed E-state index contributed by atoms with van der Waals surface area (Å²) in [6, 6.07) is 0. The number of amides is 1. The molecule has 2 heterocycles. The molecule has 0 saturated carbocycles. The highest BCUT2D eigenvalue weighted by Gasteiger charge is 2.14. The zero-order valence-corrected chi connectivity index (χ0v) is 9.48. The maximum Gasteiger partial charge on any atom is 0.246 e. The third-order valence-electron chi connectivity index (χ3n) is 2.57. The molecule has 1 fully saturated rings. The SMILES string of the molecule is O=C(COC1CCNCC1)NCc1nn[nH]n1. The first-order valence-corrected chi connectivity index (χ1v) is 5.66. The van der Waals surface area contributed by atoms with Crippen LogP contribution < -0.4 is 10.6 Å². The molecular weight excluding hydrogens is 224 g/mol. The molecule has 17 heavy (non-hydrogen) atoms. The molecule has 2 rings (SSSR count). The minimum absolute atomic E-state index is 0.0858. The summed E-state index contributed by atoms with van der Waals surface area (Å²) < 4.78 is 5.50. The van der Waals surface area contributed by atoms with Gasteiger partial charge in [-0.05, 0) is 25.9 Å². The fourth-order valence-electron chi connectivity index (χ4n) is 1.64. The van der Waals surface area contributed by atoms with Gasteiger partial charge in [0.05, 0.1) is 12.6 Å². The monoisotopic (exact) mass is 240 g/mol. The smallest absolute Gasteiger partial charge is 0.246 e. The van der Waals surface area contributed by atoms with Gasteiger partial charge in [-0.25, -0.2) is 0 Å². The molecule has 1 amide bonds. The van der Waals surface area contributed by atoms with Crippen LogP contribution in [0.25, 0.3) is 0 Å². The molecule has 0 spiro atoms. The molecule has 94 valence electrons. The van der Waals surface area contributed by atoms with Crippen LogP contribution in [0.1, 0.15) is 18.7 Å².